The van der Waals surface area contributed by atoms with Crippen LogP contribution in [0.15, 0.2) is 70.5 Å². The van der Waals surface area contributed by atoms with Crippen molar-refractivity contribution in [3.05, 3.63) is 87.9 Å². The van der Waals surface area contributed by atoms with E-state index in [1.54, 1.807) is 24.4 Å². The Labute approximate surface area is 179 Å². The van der Waals surface area contributed by atoms with Crippen molar-refractivity contribution in [3.8, 4) is 11.5 Å². The fourth-order valence-corrected chi connectivity index (χ4v) is 2.75. The molecule has 0 unspecified atom stereocenters. The van der Waals surface area contributed by atoms with Crippen LogP contribution in [0.2, 0.25) is 0 Å². The highest BCUT2D eigenvalue weighted by Gasteiger charge is 2.13. The first kappa shape index (κ1) is 21.1. The molecular formula is C21H15BrFN3O4. The number of carbonyl (C=O) groups excluding carboxylic acids is 2. The number of hydrogen-bond acceptors (Lipinski definition) is 6. The molecule has 3 aromatic rings. The van der Waals surface area contributed by atoms with Gasteiger partial charge >= 0.3 is 5.97 Å². The van der Waals surface area contributed by atoms with E-state index in [1.165, 1.54) is 43.8 Å². The zero-order chi connectivity index (χ0) is 21.5. The molecule has 1 heterocycles. The molecule has 2 aromatic carbocycles. The summed E-state index contributed by atoms with van der Waals surface area (Å²) in [6.07, 6.45) is 4.39. The van der Waals surface area contributed by atoms with Crippen molar-refractivity contribution in [1.82, 2.24) is 10.4 Å². The molecule has 152 valence electrons. The van der Waals surface area contributed by atoms with E-state index in [4.69, 9.17) is 9.47 Å². The zero-order valence-corrected chi connectivity index (χ0v) is 17.2. The average molecular weight is 472 g/mol. The molecule has 3 rings (SSSR count). The van der Waals surface area contributed by atoms with Crippen LogP contribution in [0.1, 0.15) is 26.3 Å². The van der Waals surface area contributed by atoms with Crippen LogP contribution in [0.25, 0.3) is 0 Å². The predicted molar refractivity (Wildman–Crippen MR) is 111 cm³/mol. The third kappa shape index (κ3) is 5.48. The van der Waals surface area contributed by atoms with Gasteiger partial charge in [-0.05, 0) is 64.0 Å². The average Bonchev–Trinajstić information content (AvgIpc) is 2.74. The number of esters is 1. The van der Waals surface area contributed by atoms with Crippen molar-refractivity contribution in [2.45, 2.75) is 0 Å². The fraction of sp³-hybridized carbons (Fsp3) is 0.0476. The number of benzene rings is 2. The lowest BCUT2D eigenvalue weighted by atomic mass is 10.2. The van der Waals surface area contributed by atoms with Crippen molar-refractivity contribution in [3.63, 3.8) is 0 Å². The second-order valence-electron chi connectivity index (χ2n) is 5.90. The molecule has 0 aliphatic carbocycles. The maximum Gasteiger partial charge on any atom is 0.343 e. The number of aromatic nitrogens is 1. The summed E-state index contributed by atoms with van der Waals surface area (Å²) in [6, 6.07) is 11.5. The normalized spacial score (nSPS) is 10.6. The van der Waals surface area contributed by atoms with E-state index >= 15 is 0 Å². The number of carbonyl (C=O) groups is 2. The van der Waals surface area contributed by atoms with Gasteiger partial charge < -0.3 is 9.47 Å². The summed E-state index contributed by atoms with van der Waals surface area (Å²) in [5, 5.41) is 3.90. The summed E-state index contributed by atoms with van der Waals surface area (Å²) >= 11 is 3.24. The highest BCUT2D eigenvalue weighted by atomic mass is 79.9. The minimum atomic E-state index is -0.718. The monoisotopic (exact) mass is 471 g/mol. The number of nitrogens with zero attached hydrogens (tertiary/aromatic N) is 2. The van der Waals surface area contributed by atoms with Gasteiger partial charge in [-0.15, -0.1) is 0 Å². The van der Waals surface area contributed by atoms with Crippen LogP contribution in [0.5, 0.6) is 11.5 Å². The van der Waals surface area contributed by atoms with E-state index in [1.807, 2.05) is 0 Å². The highest BCUT2D eigenvalue weighted by Crippen LogP contribution is 2.28. The maximum absolute atomic E-state index is 13.3. The first-order valence-electron chi connectivity index (χ1n) is 8.56. The molecular weight excluding hydrogens is 457 g/mol. The summed E-state index contributed by atoms with van der Waals surface area (Å²) < 4.78 is 24.5. The summed E-state index contributed by atoms with van der Waals surface area (Å²) in [5.74, 6) is -1.25. The molecule has 0 saturated carbocycles. The summed E-state index contributed by atoms with van der Waals surface area (Å²) in [6.45, 7) is 0. The molecule has 1 amide bonds. The molecule has 0 spiro atoms. The van der Waals surface area contributed by atoms with Crippen LogP contribution < -0.4 is 14.9 Å². The van der Waals surface area contributed by atoms with Crippen molar-refractivity contribution in [1.29, 1.82) is 0 Å². The third-order valence-corrected chi connectivity index (χ3v) is 4.23. The molecule has 30 heavy (non-hydrogen) atoms. The minimum absolute atomic E-state index is 0.0763. The lowest BCUT2D eigenvalue weighted by Crippen LogP contribution is -2.17. The number of nitrogens with one attached hydrogen (secondary N) is 1. The third-order valence-electron chi connectivity index (χ3n) is 3.80. The van der Waals surface area contributed by atoms with Gasteiger partial charge in [-0.3, -0.25) is 9.78 Å². The minimum Gasteiger partial charge on any atom is -0.493 e. The standard InChI is InChI=1S/C21H15BrFN3O4/c1-29-19-7-13(10-25-26-20(27)15-8-16(22)12-24-11-15)5-6-18(19)30-21(28)14-3-2-4-17(23)9-14/h2-12H,1H3,(H,26,27)/b25-10-. The van der Waals surface area contributed by atoms with Crippen LogP contribution in [0, 0.1) is 5.82 Å². The van der Waals surface area contributed by atoms with Crippen molar-refractivity contribution < 1.29 is 23.5 Å². The lowest BCUT2D eigenvalue weighted by Gasteiger charge is -2.10. The van der Waals surface area contributed by atoms with Gasteiger partial charge in [0.25, 0.3) is 5.91 Å². The number of ether oxygens (including phenoxy) is 2. The summed E-state index contributed by atoms with van der Waals surface area (Å²) in [4.78, 5) is 28.2. The zero-order valence-electron chi connectivity index (χ0n) is 15.6. The number of halogens is 2. The van der Waals surface area contributed by atoms with E-state index in [0.29, 0.717) is 15.6 Å². The molecule has 7 nitrogen and oxygen atoms in total. The van der Waals surface area contributed by atoms with Crippen LogP contribution in [0.4, 0.5) is 4.39 Å². The molecule has 0 aliphatic rings. The number of methoxy groups -OCH3 is 1. The predicted octanol–water partition coefficient (Wildman–Crippen LogP) is 3.97. The molecule has 1 aromatic heterocycles. The Morgan fingerprint density at radius 1 is 1.10 bits per heavy atom. The topological polar surface area (TPSA) is 89.9 Å². The van der Waals surface area contributed by atoms with Gasteiger partial charge in [0.15, 0.2) is 11.5 Å². The van der Waals surface area contributed by atoms with Crippen LogP contribution in [0.3, 0.4) is 0 Å². The van der Waals surface area contributed by atoms with E-state index in [-0.39, 0.29) is 17.1 Å². The van der Waals surface area contributed by atoms with E-state index in [9.17, 15) is 14.0 Å². The Bertz CT molecular complexity index is 1120. The molecule has 0 saturated heterocycles. The molecule has 0 fully saturated rings. The molecule has 9 heteroatoms. The molecule has 1 N–H and O–H groups in total. The SMILES string of the molecule is COc1cc(/C=N\NC(=O)c2cncc(Br)c2)ccc1OC(=O)c1cccc(F)c1. The number of pyridine rings is 1. The number of hydrogen-bond donors (Lipinski definition) is 1. The van der Waals surface area contributed by atoms with E-state index in [2.05, 4.69) is 31.4 Å². The van der Waals surface area contributed by atoms with Gasteiger partial charge in [-0.2, -0.15) is 5.10 Å². The highest BCUT2D eigenvalue weighted by molar-refractivity contribution is 9.10. The summed E-state index contributed by atoms with van der Waals surface area (Å²) in [5.41, 5.74) is 3.40. The van der Waals surface area contributed by atoms with E-state index in [0.717, 1.165) is 6.07 Å². The van der Waals surface area contributed by atoms with Crippen LogP contribution in [-0.4, -0.2) is 30.2 Å². The summed E-state index contributed by atoms with van der Waals surface area (Å²) in [7, 11) is 1.41. The Morgan fingerprint density at radius 2 is 1.93 bits per heavy atom. The first-order valence-corrected chi connectivity index (χ1v) is 9.35. The second kappa shape index (κ2) is 9.75. The van der Waals surface area contributed by atoms with Crippen molar-refractivity contribution in [2.75, 3.05) is 7.11 Å². The maximum atomic E-state index is 13.3. The largest absolute Gasteiger partial charge is 0.493 e. The smallest absolute Gasteiger partial charge is 0.343 e. The Morgan fingerprint density at radius 3 is 2.67 bits per heavy atom. The van der Waals surface area contributed by atoms with Gasteiger partial charge in [0.05, 0.1) is 24.5 Å². The lowest BCUT2D eigenvalue weighted by molar-refractivity contribution is 0.0729. The van der Waals surface area contributed by atoms with Crippen molar-refractivity contribution in [2.24, 2.45) is 5.10 Å². The fourth-order valence-electron chi connectivity index (χ4n) is 2.39. The molecule has 0 radical (unpaired) electrons. The molecule has 0 aliphatic heterocycles. The Kier molecular flexibility index (Phi) is 6.87. The Hall–Kier alpha value is -3.59. The number of rotatable bonds is 6. The van der Waals surface area contributed by atoms with Gasteiger partial charge in [0.2, 0.25) is 0 Å². The van der Waals surface area contributed by atoms with Gasteiger partial charge in [-0.25, -0.2) is 14.6 Å². The quantitative estimate of drug-likeness (QED) is 0.254. The van der Waals surface area contributed by atoms with Gasteiger partial charge in [0.1, 0.15) is 5.82 Å². The first-order chi connectivity index (χ1) is 14.5. The van der Waals surface area contributed by atoms with Crippen LogP contribution in [-0.2, 0) is 0 Å². The number of hydrazone groups is 1. The molecule has 0 bridgehead atoms. The van der Waals surface area contributed by atoms with E-state index < -0.39 is 17.7 Å². The Balaban J connectivity index is 1.68. The van der Waals surface area contributed by atoms with Gasteiger partial charge in [0, 0.05) is 16.9 Å². The second-order valence-corrected chi connectivity index (χ2v) is 6.82. The molecule has 0 atom stereocenters. The van der Waals surface area contributed by atoms with Crippen molar-refractivity contribution >= 4 is 34.0 Å². The number of amides is 1. The van der Waals surface area contributed by atoms with Gasteiger partial charge in [-0.1, -0.05) is 6.07 Å². The van der Waals surface area contributed by atoms with Crippen LogP contribution >= 0.6 is 15.9 Å².